The highest BCUT2D eigenvalue weighted by atomic mass is 32.2. The van der Waals surface area contributed by atoms with Gasteiger partial charge < -0.3 is 4.90 Å². The van der Waals surface area contributed by atoms with Gasteiger partial charge in [0.1, 0.15) is 10.3 Å². The van der Waals surface area contributed by atoms with Gasteiger partial charge in [0.05, 0.1) is 0 Å². The predicted molar refractivity (Wildman–Crippen MR) is 96.8 cm³/mol. The lowest BCUT2D eigenvalue weighted by Gasteiger charge is -2.27. The number of amides is 1. The van der Waals surface area contributed by atoms with E-state index in [-0.39, 0.29) is 5.91 Å². The van der Waals surface area contributed by atoms with Crippen LogP contribution in [0.3, 0.4) is 0 Å². The van der Waals surface area contributed by atoms with Crippen LogP contribution in [0.1, 0.15) is 18.4 Å². The molecule has 0 N–H and O–H groups in total. The molecule has 1 aliphatic rings. The standard InChI is InChI=1S/C17H21N3O3S2/c1-19(12-8-14-6-9-18-10-7-14)17(21)15-4-2-11-20(15)25(22,23)16-5-3-13-24-16/h3,5-7,9-10,13,15H,2,4,8,11-12H2,1H3. The number of hydrogen-bond acceptors (Lipinski definition) is 5. The molecule has 1 amide bonds. The van der Waals surface area contributed by atoms with E-state index in [1.807, 2.05) is 12.1 Å². The molecule has 6 nitrogen and oxygen atoms in total. The van der Waals surface area contributed by atoms with Gasteiger partial charge in [-0.2, -0.15) is 4.31 Å². The predicted octanol–water partition coefficient (Wildman–Crippen LogP) is 2.00. The maximum Gasteiger partial charge on any atom is 0.253 e. The van der Waals surface area contributed by atoms with Gasteiger partial charge in [0.15, 0.2) is 0 Å². The van der Waals surface area contributed by atoms with Crippen LogP contribution >= 0.6 is 11.3 Å². The number of sulfonamides is 1. The molecule has 3 heterocycles. The van der Waals surface area contributed by atoms with Gasteiger partial charge >= 0.3 is 0 Å². The van der Waals surface area contributed by atoms with Crippen molar-refractivity contribution >= 4 is 27.3 Å². The first kappa shape index (κ1) is 18.0. The number of likely N-dealkylation sites (N-methyl/N-ethyl adjacent to an activating group) is 1. The van der Waals surface area contributed by atoms with Crippen molar-refractivity contribution in [1.29, 1.82) is 0 Å². The molecule has 3 rings (SSSR count). The Balaban J connectivity index is 1.68. The molecule has 8 heteroatoms. The van der Waals surface area contributed by atoms with Crippen molar-refractivity contribution in [3.05, 3.63) is 47.6 Å². The normalized spacial score (nSPS) is 18.4. The van der Waals surface area contributed by atoms with E-state index in [1.165, 1.54) is 15.6 Å². The summed E-state index contributed by atoms with van der Waals surface area (Å²) in [5.41, 5.74) is 1.10. The number of hydrogen-bond donors (Lipinski definition) is 0. The van der Waals surface area contributed by atoms with Crippen molar-refractivity contribution in [2.75, 3.05) is 20.1 Å². The largest absolute Gasteiger partial charge is 0.344 e. The van der Waals surface area contributed by atoms with E-state index in [2.05, 4.69) is 4.98 Å². The summed E-state index contributed by atoms with van der Waals surface area (Å²) in [6, 6.07) is 6.54. The van der Waals surface area contributed by atoms with Crippen molar-refractivity contribution in [1.82, 2.24) is 14.2 Å². The Morgan fingerprint density at radius 2 is 2.12 bits per heavy atom. The Hall–Kier alpha value is -1.77. The molecule has 1 saturated heterocycles. The second-order valence-electron chi connectivity index (χ2n) is 6.07. The molecular weight excluding hydrogens is 358 g/mol. The van der Waals surface area contributed by atoms with E-state index >= 15 is 0 Å². The van der Waals surface area contributed by atoms with Crippen LogP contribution in [-0.2, 0) is 21.2 Å². The van der Waals surface area contributed by atoms with Crippen molar-refractivity contribution in [2.45, 2.75) is 29.5 Å². The van der Waals surface area contributed by atoms with Gasteiger partial charge in [0, 0.05) is 32.5 Å². The molecule has 0 aromatic carbocycles. The molecule has 2 aromatic heterocycles. The second kappa shape index (κ2) is 7.63. The maximum atomic E-state index is 12.8. The average molecular weight is 380 g/mol. The summed E-state index contributed by atoms with van der Waals surface area (Å²) in [6.45, 7) is 0.946. The van der Waals surface area contributed by atoms with E-state index in [4.69, 9.17) is 0 Å². The van der Waals surface area contributed by atoms with E-state index in [0.29, 0.717) is 30.1 Å². The molecule has 134 valence electrons. The number of rotatable bonds is 6. The molecule has 2 aromatic rings. The van der Waals surface area contributed by atoms with Crippen molar-refractivity contribution < 1.29 is 13.2 Å². The highest BCUT2D eigenvalue weighted by Gasteiger charge is 2.40. The lowest BCUT2D eigenvalue weighted by atomic mass is 10.1. The summed E-state index contributed by atoms with van der Waals surface area (Å²) in [5.74, 6) is -0.133. The fraction of sp³-hybridized carbons (Fsp3) is 0.412. The quantitative estimate of drug-likeness (QED) is 0.770. The monoisotopic (exact) mass is 379 g/mol. The van der Waals surface area contributed by atoms with Crippen LogP contribution in [0.4, 0.5) is 0 Å². The van der Waals surface area contributed by atoms with Crippen LogP contribution in [-0.4, -0.2) is 54.7 Å². The fourth-order valence-electron chi connectivity index (χ4n) is 3.01. The zero-order valence-corrected chi connectivity index (χ0v) is 15.7. The number of thiophene rings is 1. The Morgan fingerprint density at radius 1 is 1.36 bits per heavy atom. The minimum absolute atomic E-state index is 0.133. The van der Waals surface area contributed by atoms with Crippen LogP contribution in [0.5, 0.6) is 0 Å². The first-order valence-electron chi connectivity index (χ1n) is 8.19. The summed E-state index contributed by atoms with van der Waals surface area (Å²) in [5, 5.41) is 1.74. The van der Waals surface area contributed by atoms with Crippen LogP contribution in [0.2, 0.25) is 0 Å². The zero-order chi connectivity index (χ0) is 17.9. The molecule has 0 aliphatic carbocycles. The Kier molecular flexibility index (Phi) is 5.51. The number of pyridine rings is 1. The summed E-state index contributed by atoms with van der Waals surface area (Å²) in [4.78, 5) is 18.4. The third-order valence-corrected chi connectivity index (χ3v) is 7.69. The van der Waals surface area contributed by atoms with Crippen molar-refractivity contribution in [3.8, 4) is 0 Å². The lowest BCUT2D eigenvalue weighted by Crippen LogP contribution is -2.46. The zero-order valence-electron chi connectivity index (χ0n) is 14.0. The lowest BCUT2D eigenvalue weighted by molar-refractivity contribution is -0.133. The Bertz CT molecular complexity index is 807. The maximum absolute atomic E-state index is 12.8. The van der Waals surface area contributed by atoms with Gasteiger partial charge in [0.2, 0.25) is 5.91 Å². The minimum Gasteiger partial charge on any atom is -0.344 e. The molecule has 0 spiro atoms. The number of aromatic nitrogens is 1. The summed E-state index contributed by atoms with van der Waals surface area (Å²) in [6.07, 6.45) is 5.45. The minimum atomic E-state index is -3.59. The van der Waals surface area contributed by atoms with Crippen LogP contribution < -0.4 is 0 Å². The molecule has 1 fully saturated rings. The first-order valence-corrected chi connectivity index (χ1v) is 10.5. The number of nitrogens with zero attached hydrogens (tertiary/aromatic N) is 3. The van der Waals surface area contributed by atoms with E-state index in [1.54, 1.807) is 41.9 Å². The number of carbonyl (C=O) groups is 1. The van der Waals surface area contributed by atoms with Gasteiger partial charge in [-0.05, 0) is 48.4 Å². The highest BCUT2D eigenvalue weighted by Crippen LogP contribution is 2.29. The molecule has 1 atom stereocenters. The molecule has 0 radical (unpaired) electrons. The molecule has 0 saturated carbocycles. The van der Waals surface area contributed by atoms with Gasteiger partial charge in [0.25, 0.3) is 10.0 Å². The first-order chi connectivity index (χ1) is 12.0. The fourth-order valence-corrected chi connectivity index (χ4v) is 5.78. The Morgan fingerprint density at radius 3 is 2.80 bits per heavy atom. The third kappa shape index (κ3) is 3.91. The molecule has 0 bridgehead atoms. The third-order valence-electron chi connectivity index (χ3n) is 4.41. The number of carbonyl (C=O) groups excluding carboxylic acids is 1. The summed E-state index contributed by atoms with van der Waals surface area (Å²) < 4.78 is 27.2. The summed E-state index contributed by atoms with van der Waals surface area (Å²) >= 11 is 1.19. The topological polar surface area (TPSA) is 70.6 Å². The van der Waals surface area contributed by atoms with Crippen LogP contribution in [0, 0.1) is 0 Å². The van der Waals surface area contributed by atoms with Gasteiger partial charge in [-0.1, -0.05) is 6.07 Å². The Labute approximate surface area is 152 Å². The van der Waals surface area contributed by atoms with Crippen molar-refractivity contribution in [3.63, 3.8) is 0 Å². The molecule has 1 aliphatic heterocycles. The van der Waals surface area contributed by atoms with E-state index < -0.39 is 16.1 Å². The molecule has 1 unspecified atom stereocenters. The average Bonchev–Trinajstić information content (AvgIpc) is 3.31. The smallest absolute Gasteiger partial charge is 0.253 e. The molecule has 25 heavy (non-hydrogen) atoms. The second-order valence-corrected chi connectivity index (χ2v) is 9.14. The van der Waals surface area contributed by atoms with Crippen LogP contribution in [0.15, 0.2) is 46.2 Å². The molecular formula is C17H21N3O3S2. The highest BCUT2D eigenvalue weighted by molar-refractivity contribution is 7.91. The van der Waals surface area contributed by atoms with Crippen LogP contribution in [0.25, 0.3) is 0 Å². The van der Waals surface area contributed by atoms with E-state index in [9.17, 15) is 13.2 Å². The van der Waals surface area contributed by atoms with Crippen molar-refractivity contribution in [2.24, 2.45) is 0 Å². The van der Waals surface area contributed by atoms with Gasteiger partial charge in [-0.25, -0.2) is 8.42 Å². The SMILES string of the molecule is CN(CCc1ccncc1)C(=O)C1CCCN1S(=O)(=O)c1cccs1. The summed E-state index contributed by atoms with van der Waals surface area (Å²) in [7, 11) is -1.86. The van der Waals surface area contributed by atoms with Gasteiger partial charge in [-0.3, -0.25) is 9.78 Å². The van der Waals surface area contributed by atoms with E-state index in [0.717, 1.165) is 12.0 Å². The van der Waals surface area contributed by atoms with Gasteiger partial charge in [-0.15, -0.1) is 11.3 Å².